The molecule has 0 atom stereocenters. The van der Waals surface area contributed by atoms with Crippen LogP contribution in [0.4, 0.5) is 5.69 Å². The summed E-state index contributed by atoms with van der Waals surface area (Å²) in [5, 5.41) is 15.6. The van der Waals surface area contributed by atoms with E-state index in [4.69, 9.17) is 9.47 Å². The van der Waals surface area contributed by atoms with E-state index in [9.17, 15) is 19.5 Å². The molecule has 36 heavy (non-hydrogen) atoms. The second-order valence-electron chi connectivity index (χ2n) is 7.77. The van der Waals surface area contributed by atoms with Gasteiger partial charge in [0.2, 0.25) is 0 Å². The van der Waals surface area contributed by atoms with Crippen LogP contribution >= 0.6 is 11.8 Å². The fourth-order valence-corrected chi connectivity index (χ4v) is 4.67. The number of hydrogen-bond donors (Lipinski definition) is 2. The summed E-state index contributed by atoms with van der Waals surface area (Å²) in [5.74, 6) is -2.19. The molecule has 3 aromatic carbocycles. The number of methoxy groups -OCH3 is 2. The molecule has 0 bridgehead atoms. The van der Waals surface area contributed by atoms with Gasteiger partial charge >= 0.3 is 11.9 Å². The van der Waals surface area contributed by atoms with Crippen LogP contribution in [0.1, 0.15) is 36.8 Å². The number of rotatable bonds is 6. The second kappa shape index (κ2) is 10.5. The molecule has 0 fully saturated rings. The minimum atomic E-state index is -0.686. The number of amides is 1. The molecule has 0 saturated heterocycles. The number of nitrogens with one attached hydrogen (secondary N) is 1. The van der Waals surface area contributed by atoms with Gasteiger partial charge in [0, 0.05) is 21.7 Å². The summed E-state index contributed by atoms with van der Waals surface area (Å²) in [7, 11) is 2.42. The number of ether oxygens (including phenoxy) is 2. The van der Waals surface area contributed by atoms with E-state index in [0.29, 0.717) is 5.39 Å². The first kappa shape index (κ1) is 24.7. The maximum Gasteiger partial charge on any atom is 0.337 e. The summed E-state index contributed by atoms with van der Waals surface area (Å²) in [6, 6.07) is 18.5. The number of hydrogen-bond acceptors (Lipinski definition) is 8. The first-order valence-electron chi connectivity index (χ1n) is 10.8. The van der Waals surface area contributed by atoms with Gasteiger partial charge in [-0.15, -0.1) is 0 Å². The zero-order valence-electron chi connectivity index (χ0n) is 19.7. The molecule has 1 amide bonds. The first-order valence-corrected chi connectivity index (χ1v) is 11.6. The van der Waals surface area contributed by atoms with Crippen LogP contribution in [-0.4, -0.2) is 42.2 Å². The highest BCUT2D eigenvalue weighted by atomic mass is 32.2. The number of pyridine rings is 1. The molecule has 9 heteroatoms. The highest BCUT2D eigenvalue weighted by Gasteiger charge is 2.20. The molecular weight excluding hydrogens is 480 g/mol. The highest BCUT2D eigenvalue weighted by Crippen LogP contribution is 2.39. The molecule has 0 saturated carbocycles. The number of anilines is 1. The minimum absolute atomic E-state index is 0.0203. The van der Waals surface area contributed by atoms with Crippen LogP contribution in [0.2, 0.25) is 0 Å². The van der Waals surface area contributed by atoms with Gasteiger partial charge in [0.25, 0.3) is 5.91 Å². The van der Waals surface area contributed by atoms with Crippen molar-refractivity contribution in [1.82, 2.24) is 4.98 Å². The van der Waals surface area contributed by atoms with E-state index in [0.717, 1.165) is 21.0 Å². The molecule has 182 valence electrons. The van der Waals surface area contributed by atoms with Crippen LogP contribution in [0.25, 0.3) is 10.8 Å². The number of aromatic nitrogens is 1. The van der Waals surface area contributed by atoms with E-state index in [1.54, 1.807) is 18.2 Å². The van der Waals surface area contributed by atoms with Crippen LogP contribution in [-0.2, 0) is 9.47 Å². The molecule has 8 nitrogen and oxygen atoms in total. The SMILES string of the molecule is COC(=O)c1cc(NC(=O)c2cc(Sc3cccc(C)n3)c3ccccc3c2O)cc(C(=O)OC)c1. The van der Waals surface area contributed by atoms with Gasteiger partial charge in [0.15, 0.2) is 0 Å². The number of carbonyl (C=O) groups is 3. The van der Waals surface area contributed by atoms with E-state index in [1.165, 1.54) is 44.2 Å². The van der Waals surface area contributed by atoms with E-state index in [1.807, 2.05) is 37.3 Å². The second-order valence-corrected chi connectivity index (χ2v) is 8.83. The predicted molar refractivity (Wildman–Crippen MR) is 136 cm³/mol. The summed E-state index contributed by atoms with van der Waals surface area (Å²) in [6.07, 6.45) is 0. The lowest BCUT2D eigenvalue weighted by molar-refractivity contribution is 0.0598. The van der Waals surface area contributed by atoms with Crippen LogP contribution in [0.3, 0.4) is 0 Å². The van der Waals surface area contributed by atoms with Gasteiger partial charge in [0.05, 0.1) is 30.9 Å². The third-order valence-corrected chi connectivity index (χ3v) is 6.33. The summed E-state index contributed by atoms with van der Waals surface area (Å²) >= 11 is 1.37. The summed E-state index contributed by atoms with van der Waals surface area (Å²) in [6.45, 7) is 1.89. The lowest BCUT2D eigenvalue weighted by Gasteiger charge is -2.14. The fraction of sp³-hybridized carbons (Fsp3) is 0.111. The third kappa shape index (κ3) is 5.16. The van der Waals surface area contributed by atoms with Crippen LogP contribution in [0.15, 0.2) is 76.7 Å². The quantitative estimate of drug-likeness (QED) is 0.345. The van der Waals surface area contributed by atoms with E-state index in [2.05, 4.69) is 10.3 Å². The largest absolute Gasteiger partial charge is 0.506 e. The van der Waals surface area contributed by atoms with Crippen molar-refractivity contribution < 1.29 is 29.0 Å². The maximum atomic E-state index is 13.3. The van der Waals surface area contributed by atoms with Gasteiger partial charge in [-0.05, 0) is 48.7 Å². The number of nitrogens with zero attached hydrogens (tertiary/aromatic N) is 1. The van der Waals surface area contributed by atoms with E-state index in [-0.39, 0.29) is 28.1 Å². The number of fused-ring (bicyclic) bond motifs is 1. The number of phenolic OH excluding ortho intramolecular Hbond substituents is 1. The Balaban J connectivity index is 1.76. The number of aromatic hydroxyl groups is 1. The molecule has 1 aromatic heterocycles. The molecular formula is C27H22N2O6S. The summed E-state index contributed by atoms with van der Waals surface area (Å²) in [5.41, 5.74) is 1.14. The number of carbonyl (C=O) groups excluding carboxylic acids is 3. The van der Waals surface area contributed by atoms with Gasteiger partial charge in [0.1, 0.15) is 10.8 Å². The Morgan fingerprint density at radius 2 is 1.50 bits per heavy atom. The molecule has 2 N–H and O–H groups in total. The Hall–Kier alpha value is -4.37. The summed E-state index contributed by atoms with van der Waals surface area (Å²) < 4.78 is 9.49. The molecule has 4 aromatic rings. The van der Waals surface area contributed by atoms with Gasteiger partial charge in [-0.25, -0.2) is 14.6 Å². The van der Waals surface area contributed by atoms with Crippen molar-refractivity contribution in [2.75, 3.05) is 19.5 Å². The maximum absolute atomic E-state index is 13.3. The van der Waals surface area contributed by atoms with Crippen molar-refractivity contribution in [1.29, 1.82) is 0 Å². The Labute approximate surface area is 211 Å². The van der Waals surface area contributed by atoms with Crippen molar-refractivity contribution >= 4 is 46.1 Å². The molecule has 0 radical (unpaired) electrons. The number of benzene rings is 3. The number of aryl methyl sites for hydroxylation is 1. The molecule has 0 aliphatic rings. The van der Waals surface area contributed by atoms with Crippen molar-refractivity contribution in [3.8, 4) is 5.75 Å². The van der Waals surface area contributed by atoms with Gasteiger partial charge in [-0.1, -0.05) is 42.1 Å². The standard InChI is InChI=1S/C27H22N2O6S/c1-15-7-6-10-23(28-15)36-22-14-21(24(30)20-9-5-4-8-19(20)22)25(31)29-18-12-16(26(32)34-2)11-17(13-18)27(33)35-3/h4-14,30H,1-3H3,(H,29,31). The monoisotopic (exact) mass is 502 g/mol. The van der Waals surface area contributed by atoms with Crippen molar-refractivity contribution in [3.63, 3.8) is 0 Å². The lowest BCUT2D eigenvalue weighted by Crippen LogP contribution is -2.15. The zero-order chi connectivity index (χ0) is 25.8. The predicted octanol–water partition coefficient (Wildman–Crippen LogP) is 5.23. The molecule has 0 spiro atoms. The topological polar surface area (TPSA) is 115 Å². The molecule has 4 rings (SSSR count). The van der Waals surface area contributed by atoms with Crippen molar-refractivity contribution in [2.45, 2.75) is 16.8 Å². The average molecular weight is 503 g/mol. The molecule has 0 unspecified atom stereocenters. The van der Waals surface area contributed by atoms with Crippen LogP contribution < -0.4 is 5.32 Å². The highest BCUT2D eigenvalue weighted by molar-refractivity contribution is 7.99. The van der Waals surface area contributed by atoms with Crippen molar-refractivity contribution in [2.24, 2.45) is 0 Å². The van der Waals surface area contributed by atoms with Crippen LogP contribution in [0, 0.1) is 6.92 Å². The Morgan fingerprint density at radius 3 is 2.11 bits per heavy atom. The fourth-order valence-electron chi connectivity index (χ4n) is 3.64. The van der Waals surface area contributed by atoms with Gasteiger partial charge in [-0.2, -0.15) is 0 Å². The average Bonchev–Trinajstić information content (AvgIpc) is 2.89. The normalized spacial score (nSPS) is 10.6. The first-order chi connectivity index (χ1) is 17.3. The van der Waals surface area contributed by atoms with Gasteiger partial charge < -0.3 is 19.9 Å². The molecule has 0 aliphatic carbocycles. The minimum Gasteiger partial charge on any atom is -0.506 e. The van der Waals surface area contributed by atoms with E-state index < -0.39 is 17.8 Å². The number of esters is 2. The number of phenols is 1. The third-order valence-electron chi connectivity index (χ3n) is 5.33. The molecule has 0 aliphatic heterocycles. The lowest BCUT2D eigenvalue weighted by atomic mass is 10.0. The smallest absolute Gasteiger partial charge is 0.337 e. The Morgan fingerprint density at radius 1 is 0.861 bits per heavy atom. The van der Waals surface area contributed by atoms with Gasteiger partial charge in [-0.3, -0.25) is 4.79 Å². The van der Waals surface area contributed by atoms with Crippen LogP contribution in [0.5, 0.6) is 5.75 Å². The van der Waals surface area contributed by atoms with E-state index >= 15 is 0 Å². The van der Waals surface area contributed by atoms with Crippen molar-refractivity contribution in [3.05, 3.63) is 89.1 Å². The Kier molecular flexibility index (Phi) is 7.21. The molecule has 1 heterocycles. The zero-order valence-corrected chi connectivity index (χ0v) is 20.5. The Bertz CT molecular complexity index is 1470. The summed E-state index contributed by atoms with van der Waals surface area (Å²) in [4.78, 5) is 42.7.